The van der Waals surface area contributed by atoms with Gasteiger partial charge in [0.05, 0.1) is 11.0 Å². The topological polar surface area (TPSA) is 17.8 Å². The lowest BCUT2D eigenvalue weighted by Gasteiger charge is -2.17. The fourth-order valence-corrected chi connectivity index (χ4v) is 2.18. The third-order valence-electron chi connectivity index (χ3n) is 2.51. The first kappa shape index (κ1) is 10.7. The van der Waals surface area contributed by atoms with Crippen LogP contribution in [0.5, 0.6) is 0 Å². The SMILES string of the molecule is Cn1c(C(C)(C)C)nc2ccc(Br)cc21. The Bertz CT molecular complexity index is 506. The molecule has 1 aromatic carbocycles. The van der Waals surface area contributed by atoms with Gasteiger partial charge in [-0.15, -0.1) is 0 Å². The van der Waals surface area contributed by atoms with Crippen LogP contribution in [0.4, 0.5) is 0 Å². The van der Waals surface area contributed by atoms with Gasteiger partial charge in [0.25, 0.3) is 0 Å². The monoisotopic (exact) mass is 266 g/mol. The Morgan fingerprint density at radius 3 is 2.53 bits per heavy atom. The van der Waals surface area contributed by atoms with Crippen LogP contribution < -0.4 is 0 Å². The summed E-state index contributed by atoms with van der Waals surface area (Å²) in [6.07, 6.45) is 0. The number of aromatic nitrogens is 2. The Balaban J connectivity index is 2.76. The average Bonchev–Trinajstić information content (AvgIpc) is 2.43. The molecule has 0 radical (unpaired) electrons. The maximum absolute atomic E-state index is 4.67. The number of benzene rings is 1. The minimum atomic E-state index is 0.0836. The third kappa shape index (κ3) is 1.81. The third-order valence-corrected chi connectivity index (χ3v) is 3.01. The van der Waals surface area contributed by atoms with Crippen molar-refractivity contribution in [2.24, 2.45) is 7.05 Å². The van der Waals surface area contributed by atoms with E-state index in [-0.39, 0.29) is 5.41 Å². The summed E-state index contributed by atoms with van der Waals surface area (Å²) >= 11 is 3.49. The molecule has 0 saturated heterocycles. The highest BCUT2D eigenvalue weighted by Crippen LogP contribution is 2.26. The van der Waals surface area contributed by atoms with Crippen LogP contribution in [0.25, 0.3) is 11.0 Å². The number of nitrogens with zero attached hydrogens (tertiary/aromatic N) is 2. The number of halogens is 1. The zero-order valence-electron chi connectivity index (χ0n) is 9.50. The lowest BCUT2D eigenvalue weighted by molar-refractivity contribution is 0.526. The summed E-state index contributed by atoms with van der Waals surface area (Å²) in [5.74, 6) is 1.12. The van der Waals surface area contributed by atoms with E-state index in [1.807, 2.05) is 6.07 Å². The summed E-state index contributed by atoms with van der Waals surface area (Å²) in [6, 6.07) is 6.19. The molecule has 0 fully saturated rings. The fourth-order valence-electron chi connectivity index (χ4n) is 1.83. The molecule has 0 saturated carbocycles. The predicted molar refractivity (Wildman–Crippen MR) is 67.1 cm³/mol. The van der Waals surface area contributed by atoms with Gasteiger partial charge >= 0.3 is 0 Å². The molecule has 15 heavy (non-hydrogen) atoms. The van der Waals surface area contributed by atoms with Crippen LogP contribution in [0.1, 0.15) is 26.6 Å². The molecule has 3 heteroatoms. The molecule has 2 aromatic rings. The lowest BCUT2D eigenvalue weighted by Crippen LogP contribution is -2.17. The minimum Gasteiger partial charge on any atom is -0.331 e. The zero-order chi connectivity index (χ0) is 11.2. The van der Waals surface area contributed by atoms with Crippen LogP contribution in [-0.4, -0.2) is 9.55 Å². The van der Waals surface area contributed by atoms with Crippen molar-refractivity contribution < 1.29 is 0 Å². The highest BCUT2D eigenvalue weighted by Gasteiger charge is 2.20. The summed E-state index contributed by atoms with van der Waals surface area (Å²) in [7, 11) is 2.07. The van der Waals surface area contributed by atoms with E-state index in [9.17, 15) is 0 Å². The molecule has 0 amide bonds. The molecule has 0 aliphatic rings. The Morgan fingerprint density at radius 1 is 1.27 bits per heavy atom. The Morgan fingerprint density at radius 2 is 1.93 bits per heavy atom. The molecule has 1 heterocycles. The first-order valence-corrected chi connectivity index (χ1v) is 5.81. The Labute approximate surface area is 98.4 Å². The first-order chi connectivity index (χ1) is 6.89. The highest BCUT2D eigenvalue weighted by atomic mass is 79.9. The van der Waals surface area contributed by atoms with Gasteiger partial charge in [-0.3, -0.25) is 0 Å². The van der Waals surface area contributed by atoms with Gasteiger partial charge in [0, 0.05) is 16.9 Å². The Kier molecular flexibility index (Phi) is 2.38. The second-order valence-corrected chi connectivity index (χ2v) is 5.79. The van der Waals surface area contributed by atoms with E-state index in [1.165, 1.54) is 5.52 Å². The smallest absolute Gasteiger partial charge is 0.115 e. The second-order valence-electron chi connectivity index (χ2n) is 4.88. The van der Waals surface area contributed by atoms with Crippen LogP contribution in [0.2, 0.25) is 0 Å². The van der Waals surface area contributed by atoms with Crippen LogP contribution in [0.15, 0.2) is 22.7 Å². The summed E-state index contributed by atoms with van der Waals surface area (Å²) in [4.78, 5) is 4.67. The summed E-state index contributed by atoms with van der Waals surface area (Å²) in [6.45, 7) is 6.55. The minimum absolute atomic E-state index is 0.0836. The molecule has 0 aliphatic heterocycles. The number of hydrogen-bond acceptors (Lipinski definition) is 1. The lowest BCUT2D eigenvalue weighted by atomic mass is 9.96. The number of imidazole rings is 1. The van der Waals surface area contributed by atoms with Gasteiger partial charge in [0.2, 0.25) is 0 Å². The van der Waals surface area contributed by atoms with E-state index < -0.39 is 0 Å². The molecule has 2 rings (SSSR count). The van der Waals surface area contributed by atoms with Gasteiger partial charge in [-0.25, -0.2) is 4.98 Å². The standard InChI is InChI=1S/C12H15BrN2/c1-12(2,3)11-14-9-6-5-8(13)7-10(9)15(11)4/h5-7H,1-4H3. The molecule has 0 unspecified atom stereocenters. The maximum Gasteiger partial charge on any atom is 0.115 e. The molecule has 80 valence electrons. The average molecular weight is 267 g/mol. The number of aryl methyl sites for hydroxylation is 1. The van der Waals surface area contributed by atoms with Crippen LogP contribution in [-0.2, 0) is 12.5 Å². The van der Waals surface area contributed by atoms with E-state index in [2.05, 4.69) is 65.4 Å². The van der Waals surface area contributed by atoms with Crippen molar-refractivity contribution in [3.63, 3.8) is 0 Å². The van der Waals surface area contributed by atoms with Crippen molar-refractivity contribution in [2.75, 3.05) is 0 Å². The highest BCUT2D eigenvalue weighted by molar-refractivity contribution is 9.10. The summed E-state index contributed by atoms with van der Waals surface area (Å²) in [5.41, 5.74) is 2.32. The van der Waals surface area contributed by atoms with E-state index in [0.717, 1.165) is 15.8 Å². The molecular weight excluding hydrogens is 252 g/mol. The predicted octanol–water partition coefficient (Wildman–Crippen LogP) is 3.63. The van der Waals surface area contributed by atoms with Crippen molar-refractivity contribution >= 4 is 27.0 Å². The van der Waals surface area contributed by atoms with E-state index in [4.69, 9.17) is 0 Å². The first-order valence-electron chi connectivity index (χ1n) is 5.02. The zero-order valence-corrected chi connectivity index (χ0v) is 11.1. The van der Waals surface area contributed by atoms with E-state index >= 15 is 0 Å². The van der Waals surface area contributed by atoms with E-state index in [0.29, 0.717) is 0 Å². The van der Waals surface area contributed by atoms with Crippen LogP contribution in [0, 0.1) is 0 Å². The largest absolute Gasteiger partial charge is 0.331 e. The molecule has 0 bridgehead atoms. The normalized spacial score (nSPS) is 12.3. The molecule has 0 N–H and O–H groups in total. The molecule has 0 aliphatic carbocycles. The molecule has 2 nitrogen and oxygen atoms in total. The van der Waals surface area contributed by atoms with Crippen LogP contribution in [0.3, 0.4) is 0 Å². The fraction of sp³-hybridized carbons (Fsp3) is 0.417. The van der Waals surface area contributed by atoms with Crippen molar-refractivity contribution in [2.45, 2.75) is 26.2 Å². The van der Waals surface area contributed by atoms with Crippen molar-refractivity contribution in [1.82, 2.24) is 9.55 Å². The van der Waals surface area contributed by atoms with Gasteiger partial charge in [-0.1, -0.05) is 36.7 Å². The maximum atomic E-state index is 4.67. The van der Waals surface area contributed by atoms with Crippen molar-refractivity contribution in [3.05, 3.63) is 28.5 Å². The van der Waals surface area contributed by atoms with Gasteiger partial charge in [0.1, 0.15) is 5.82 Å². The molecule has 1 aromatic heterocycles. The van der Waals surface area contributed by atoms with Gasteiger partial charge in [0.15, 0.2) is 0 Å². The number of fused-ring (bicyclic) bond motifs is 1. The van der Waals surface area contributed by atoms with Gasteiger partial charge in [-0.2, -0.15) is 0 Å². The molecular formula is C12H15BrN2. The number of rotatable bonds is 0. The van der Waals surface area contributed by atoms with Gasteiger partial charge < -0.3 is 4.57 Å². The van der Waals surface area contributed by atoms with Gasteiger partial charge in [-0.05, 0) is 18.2 Å². The number of hydrogen-bond donors (Lipinski definition) is 0. The van der Waals surface area contributed by atoms with Crippen LogP contribution >= 0.6 is 15.9 Å². The van der Waals surface area contributed by atoms with Crippen molar-refractivity contribution in [3.8, 4) is 0 Å². The van der Waals surface area contributed by atoms with Crippen molar-refractivity contribution in [1.29, 1.82) is 0 Å². The second kappa shape index (κ2) is 3.34. The van der Waals surface area contributed by atoms with E-state index in [1.54, 1.807) is 0 Å². The molecule has 0 spiro atoms. The quantitative estimate of drug-likeness (QED) is 0.712. The Hall–Kier alpha value is -0.830. The summed E-state index contributed by atoms with van der Waals surface area (Å²) in [5, 5.41) is 0. The molecule has 0 atom stereocenters. The summed E-state index contributed by atoms with van der Waals surface area (Å²) < 4.78 is 3.26.